The summed E-state index contributed by atoms with van der Waals surface area (Å²) in [6.45, 7) is 6.88. The summed E-state index contributed by atoms with van der Waals surface area (Å²) in [6.07, 6.45) is 0. The standard InChI is InChI=1S/C12H19N5O2S.2ClH/c1-9(18)15-12-16-10(8-20-12)11(19)14-4-7-17-5-2-13-3-6-17;;/h8,13H,2-7H2,1H3,(H,14,19)(H,15,16,18);2*1H. The van der Waals surface area contributed by atoms with E-state index in [9.17, 15) is 9.59 Å². The van der Waals surface area contributed by atoms with E-state index in [1.807, 2.05) is 0 Å². The molecule has 2 heterocycles. The van der Waals surface area contributed by atoms with Crippen molar-refractivity contribution in [2.24, 2.45) is 0 Å². The Kier molecular flexibility index (Phi) is 10.3. The number of halogens is 2. The minimum atomic E-state index is -0.201. The van der Waals surface area contributed by atoms with E-state index in [2.05, 4.69) is 25.8 Å². The van der Waals surface area contributed by atoms with Gasteiger partial charge in [0.15, 0.2) is 5.13 Å². The van der Waals surface area contributed by atoms with Gasteiger partial charge in [-0.2, -0.15) is 0 Å². The lowest BCUT2D eigenvalue weighted by molar-refractivity contribution is -0.114. The first kappa shape index (κ1) is 21.1. The van der Waals surface area contributed by atoms with Crippen LogP contribution in [0.5, 0.6) is 0 Å². The fourth-order valence-corrected chi connectivity index (χ4v) is 2.68. The van der Waals surface area contributed by atoms with Crippen molar-refractivity contribution in [3.8, 4) is 0 Å². The average molecular weight is 370 g/mol. The molecule has 126 valence electrons. The Labute approximate surface area is 146 Å². The first-order chi connectivity index (χ1) is 9.65. The zero-order chi connectivity index (χ0) is 14.4. The SMILES string of the molecule is CC(=O)Nc1nc(C(=O)NCCN2CCNCC2)cs1.Cl.Cl. The van der Waals surface area contributed by atoms with Crippen molar-refractivity contribution < 1.29 is 9.59 Å². The van der Waals surface area contributed by atoms with Gasteiger partial charge in [-0.3, -0.25) is 14.5 Å². The maximum atomic E-state index is 11.9. The van der Waals surface area contributed by atoms with E-state index in [1.54, 1.807) is 5.38 Å². The summed E-state index contributed by atoms with van der Waals surface area (Å²) in [7, 11) is 0. The number of piperazine rings is 1. The van der Waals surface area contributed by atoms with Gasteiger partial charge in [-0.05, 0) is 0 Å². The van der Waals surface area contributed by atoms with Gasteiger partial charge in [-0.15, -0.1) is 36.2 Å². The summed E-state index contributed by atoms with van der Waals surface area (Å²) in [5.74, 6) is -0.391. The summed E-state index contributed by atoms with van der Waals surface area (Å²) in [5.41, 5.74) is 0.346. The molecule has 0 saturated carbocycles. The number of carbonyl (C=O) groups is 2. The van der Waals surface area contributed by atoms with Gasteiger partial charge in [-0.1, -0.05) is 0 Å². The smallest absolute Gasteiger partial charge is 0.270 e. The van der Waals surface area contributed by atoms with Gasteiger partial charge >= 0.3 is 0 Å². The van der Waals surface area contributed by atoms with Gasteiger partial charge in [0.2, 0.25) is 5.91 Å². The molecule has 0 unspecified atom stereocenters. The number of carbonyl (C=O) groups excluding carboxylic acids is 2. The molecule has 1 aliphatic rings. The highest BCUT2D eigenvalue weighted by Crippen LogP contribution is 2.14. The van der Waals surface area contributed by atoms with Crippen molar-refractivity contribution in [3.63, 3.8) is 0 Å². The number of hydrogen-bond acceptors (Lipinski definition) is 6. The van der Waals surface area contributed by atoms with Gasteiger partial charge in [0.25, 0.3) is 5.91 Å². The molecular formula is C12H21Cl2N5O2S. The third-order valence-electron chi connectivity index (χ3n) is 2.94. The van der Waals surface area contributed by atoms with E-state index in [0.29, 0.717) is 17.4 Å². The molecule has 0 atom stereocenters. The third-order valence-corrected chi connectivity index (χ3v) is 3.70. The molecule has 3 N–H and O–H groups in total. The highest BCUT2D eigenvalue weighted by atomic mass is 35.5. The first-order valence-electron chi connectivity index (χ1n) is 6.59. The van der Waals surface area contributed by atoms with E-state index >= 15 is 0 Å². The van der Waals surface area contributed by atoms with Crippen LogP contribution in [0.2, 0.25) is 0 Å². The molecular weight excluding hydrogens is 349 g/mol. The number of anilines is 1. The van der Waals surface area contributed by atoms with E-state index in [-0.39, 0.29) is 36.6 Å². The molecule has 1 aliphatic heterocycles. The normalized spacial score (nSPS) is 14.4. The van der Waals surface area contributed by atoms with Gasteiger partial charge < -0.3 is 16.0 Å². The second kappa shape index (κ2) is 10.7. The molecule has 0 spiro atoms. The lowest BCUT2D eigenvalue weighted by Crippen LogP contribution is -2.46. The van der Waals surface area contributed by atoms with Crippen molar-refractivity contribution in [1.29, 1.82) is 0 Å². The van der Waals surface area contributed by atoms with Crippen LogP contribution in [0.25, 0.3) is 0 Å². The molecule has 0 radical (unpaired) electrons. The molecule has 1 aromatic rings. The van der Waals surface area contributed by atoms with Crippen LogP contribution in [0.1, 0.15) is 17.4 Å². The minimum absolute atomic E-state index is 0. The largest absolute Gasteiger partial charge is 0.349 e. The second-order valence-corrected chi connectivity index (χ2v) is 5.42. The molecule has 0 bridgehead atoms. The van der Waals surface area contributed by atoms with Crippen LogP contribution < -0.4 is 16.0 Å². The number of nitrogens with one attached hydrogen (secondary N) is 3. The van der Waals surface area contributed by atoms with Gasteiger partial charge in [0.05, 0.1) is 0 Å². The molecule has 0 aliphatic carbocycles. The summed E-state index contributed by atoms with van der Waals surface area (Å²) in [5, 5.41) is 10.8. The van der Waals surface area contributed by atoms with Gasteiger partial charge in [-0.25, -0.2) is 4.98 Å². The summed E-state index contributed by atoms with van der Waals surface area (Å²) < 4.78 is 0. The molecule has 2 rings (SSSR count). The van der Waals surface area contributed by atoms with Crippen LogP contribution in [0.3, 0.4) is 0 Å². The Morgan fingerprint density at radius 2 is 2.05 bits per heavy atom. The predicted molar refractivity (Wildman–Crippen MR) is 92.6 cm³/mol. The van der Waals surface area contributed by atoms with Crippen molar-refractivity contribution in [2.75, 3.05) is 44.6 Å². The fourth-order valence-electron chi connectivity index (χ4n) is 1.94. The summed E-state index contributed by atoms with van der Waals surface area (Å²) in [6, 6.07) is 0. The maximum Gasteiger partial charge on any atom is 0.270 e. The van der Waals surface area contributed by atoms with Crippen LogP contribution >= 0.6 is 36.2 Å². The third kappa shape index (κ3) is 6.89. The fraction of sp³-hybridized carbons (Fsp3) is 0.583. The molecule has 1 aromatic heterocycles. The van der Waals surface area contributed by atoms with Crippen molar-refractivity contribution in [1.82, 2.24) is 20.5 Å². The van der Waals surface area contributed by atoms with E-state index < -0.39 is 0 Å². The lowest BCUT2D eigenvalue weighted by Gasteiger charge is -2.26. The number of aromatic nitrogens is 1. The Balaban J connectivity index is 0.00000220. The van der Waals surface area contributed by atoms with Crippen LogP contribution in [-0.2, 0) is 4.79 Å². The van der Waals surface area contributed by atoms with Crippen LogP contribution in [-0.4, -0.2) is 61.0 Å². The van der Waals surface area contributed by atoms with Crippen molar-refractivity contribution in [2.45, 2.75) is 6.92 Å². The zero-order valence-corrected chi connectivity index (χ0v) is 14.7. The molecule has 2 amide bonds. The molecule has 0 aromatic carbocycles. The number of rotatable bonds is 5. The minimum Gasteiger partial charge on any atom is -0.349 e. The number of thiazole rings is 1. The lowest BCUT2D eigenvalue weighted by atomic mass is 10.3. The Bertz CT molecular complexity index is 480. The van der Waals surface area contributed by atoms with Gasteiger partial charge in [0.1, 0.15) is 5.69 Å². The molecule has 10 heteroatoms. The van der Waals surface area contributed by atoms with Crippen molar-refractivity contribution >= 4 is 53.1 Å². The summed E-state index contributed by atoms with van der Waals surface area (Å²) in [4.78, 5) is 29.1. The quantitative estimate of drug-likeness (QED) is 0.706. The number of nitrogens with zero attached hydrogens (tertiary/aromatic N) is 2. The summed E-state index contributed by atoms with van der Waals surface area (Å²) >= 11 is 1.25. The highest BCUT2D eigenvalue weighted by Gasteiger charge is 2.12. The molecule has 1 saturated heterocycles. The van der Waals surface area contributed by atoms with E-state index in [1.165, 1.54) is 18.3 Å². The van der Waals surface area contributed by atoms with Crippen LogP contribution in [0.15, 0.2) is 5.38 Å². The highest BCUT2D eigenvalue weighted by molar-refractivity contribution is 7.14. The topological polar surface area (TPSA) is 86.4 Å². The predicted octanol–water partition coefficient (Wildman–Crippen LogP) is 0.580. The van der Waals surface area contributed by atoms with E-state index in [4.69, 9.17) is 0 Å². The Morgan fingerprint density at radius 3 is 2.68 bits per heavy atom. The monoisotopic (exact) mass is 369 g/mol. The maximum absolute atomic E-state index is 11.9. The molecule has 22 heavy (non-hydrogen) atoms. The Morgan fingerprint density at radius 1 is 1.36 bits per heavy atom. The van der Waals surface area contributed by atoms with E-state index in [0.717, 1.165) is 32.7 Å². The Hall–Kier alpha value is -0.930. The van der Waals surface area contributed by atoms with Crippen molar-refractivity contribution in [3.05, 3.63) is 11.1 Å². The first-order valence-corrected chi connectivity index (χ1v) is 7.47. The molecule has 1 fully saturated rings. The number of amides is 2. The van der Waals surface area contributed by atoms with Gasteiger partial charge in [0, 0.05) is 51.6 Å². The van der Waals surface area contributed by atoms with Crippen LogP contribution in [0, 0.1) is 0 Å². The molecule has 7 nitrogen and oxygen atoms in total. The second-order valence-electron chi connectivity index (χ2n) is 4.57. The zero-order valence-electron chi connectivity index (χ0n) is 12.3. The average Bonchev–Trinajstić information content (AvgIpc) is 2.87. The van der Waals surface area contributed by atoms with Crippen LogP contribution in [0.4, 0.5) is 5.13 Å². The number of hydrogen-bond donors (Lipinski definition) is 3.